The van der Waals surface area contributed by atoms with Gasteiger partial charge in [-0.05, 0) is 25.0 Å². The van der Waals surface area contributed by atoms with Gasteiger partial charge in [0.1, 0.15) is 10.7 Å². The molecule has 0 spiro atoms. The Kier molecular flexibility index (Phi) is 8.46. The molecule has 0 radical (unpaired) electrons. The van der Waals surface area contributed by atoms with E-state index in [-0.39, 0.29) is 12.2 Å². The SMILES string of the molecule is COCC(O)CN(CCN1CCOCC1)Cc1nc2scc(-c3cc(C)ccc3C)c2c(=O)[nH]1. The molecular formula is C25H34N4O4S. The second kappa shape index (κ2) is 11.5. The predicted molar refractivity (Wildman–Crippen MR) is 136 cm³/mol. The Hall–Kier alpha value is -2.14. The molecule has 34 heavy (non-hydrogen) atoms. The number of methoxy groups -OCH3 is 1. The maximum atomic E-state index is 13.2. The number of morpholine rings is 1. The molecule has 1 saturated heterocycles. The maximum absolute atomic E-state index is 13.2. The molecule has 184 valence electrons. The number of hydrogen-bond donors (Lipinski definition) is 2. The van der Waals surface area contributed by atoms with E-state index in [0.717, 1.165) is 66.5 Å². The lowest BCUT2D eigenvalue weighted by Crippen LogP contribution is -2.43. The first-order valence-electron chi connectivity index (χ1n) is 11.7. The van der Waals surface area contributed by atoms with Crippen molar-refractivity contribution in [2.75, 3.05) is 59.7 Å². The predicted octanol–water partition coefficient (Wildman–Crippen LogP) is 2.41. The van der Waals surface area contributed by atoms with Crippen molar-refractivity contribution in [2.45, 2.75) is 26.5 Å². The van der Waals surface area contributed by atoms with Gasteiger partial charge in [-0.15, -0.1) is 11.3 Å². The first kappa shape index (κ1) is 25.0. The summed E-state index contributed by atoms with van der Waals surface area (Å²) in [6, 6.07) is 6.29. The Balaban J connectivity index is 1.56. The second-order valence-electron chi connectivity index (χ2n) is 8.96. The number of nitrogens with one attached hydrogen (secondary N) is 1. The molecule has 4 rings (SSSR count). The first-order chi connectivity index (χ1) is 16.4. The third-order valence-electron chi connectivity index (χ3n) is 6.21. The summed E-state index contributed by atoms with van der Waals surface area (Å²) in [5.74, 6) is 0.610. The lowest BCUT2D eigenvalue weighted by molar-refractivity contribution is 0.0177. The minimum absolute atomic E-state index is 0.122. The molecule has 1 fully saturated rings. The van der Waals surface area contributed by atoms with Crippen LogP contribution < -0.4 is 5.56 Å². The van der Waals surface area contributed by atoms with Crippen LogP contribution in [0.5, 0.6) is 0 Å². The summed E-state index contributed by atoms with van der Waals surface area (Å²) in [6.07, 6.45) is -0.609. The van der Waals surface area contributed by atoms with E-state index >= 15 is 0 Å². The highest BCUT2D eigenvalue weighted by Gasteiger charge is 2.19. The molecule has 0 aliphatic carbocycles. The maximum Gasteiger partial charge on any atom is 0.260 e. The molecule has 1 unspecified atom stereocenters. The minimum Gasteiger partial charge on any atom is -0.389 e. The zero-order chi connectivity index (χ0) is 24.1. The van der Waals surface area contributed by atoms with Gasteiger partial charge in [0.25, 0.3) is 5.56 Å². The van der Waals surface area contributed by atoms with Crippen molar-refractivity contribution in [3.8, 4) is 11.1 Å². The van der Waals surface area contributed by atoms with Crippen LogP contribution in [0.4, 0.5) is 0 Å². The fraction of sp³-hybridized carbons (Fsp3) is 0.520. The van der Waals surface area contributed by atoms with Crippen molar-refractivity contribution in [3.05, 3.63) is 50.9 Å². The number of aliphatic hydroxyl groups is 1. The van der Waals surface area contributed by atoms with E-state index < -0.39 is 6.10 Å². The van der Waals surface area contributed by atoms with Crippen LogP contribution in [0.1, 0.15) is 17.0 Å². The molecule has 1 aliphatic rings. The number of aryl methyl sites for hydroxylation is 2. The Labute approximate surface area is 204 Å². The van der Waals surface area contributed by atoms with E-state index in [1.165, 1.54) is 11.3 Å². The lowest BCUT2D eigenvalue weighted by Gasteiger charge is -2.30. The number of benzene rings is 1. The molecular weight excluding hydrogens is 452 g/mol. The van der Waals surface area contributed by atoms with Crippen molar-refractivity contribution < 1.29 is 14.6 Å². The van der Waals surface area contributed by atoms with Crippen LogP contribution >= 0.6 is 11.3 Å². The number of thiophene rings is 1. The topological polar surface area (TPSA) is 90.9 Å². The number of aromatic amines is 1. The third kappa shape index (κ3) is 6.10. The van der Waals surface area contributed by atoms with E-state index in [0.29, 0.717) is 24.3 Å². The van der Waals surface area contributed by atoms with Gasteiger partial charge in [0, 0.05) is 50.8 Å². The van der Waals surface area contributed by atoms with Gasteiger partial charge in [0.05, 0.1) is 37.9 Å². The number of fused-ring (bicyclic) bond motifs is 1. The highest BCUT2D eigenvalue weighted by atomic mass is 32.1. The van der Waals surface area contributed by atoms with Crippen LogP contribution in [-0.4, -0.2) is 90.6 Å². The van der Waals surface area contributed by atoms with Gasteiger partial charge >= 0.3 is 0 Å². The summed E-state index contributed by atoms with van der Waals surface area (Å²) < 4.78 is 10.6. The molecule has 1 aromatic carbocycles. The van der Waals surface area contributed by atoms with Crippen LogP contribution in [0.3, 0.4) is 0 Å². The van der Waals surface area contributed by atoms with Crippen LogP contribution in [0.2, 0.25) is 0 Å². The number of nitrogens with zero attached hydrogens (tertiary/aromatic N) is 3. The Bertz CT molecular complexity index is 1160. The molecule has 3 heterocycles. The Morgan fingerprint density at radius 1 is 1.29 bits per heavy atom. The number of hydrogen-bond acceptors (Lipinski definition) is 8. The summed E-state index contributed by atoms with van der Waals surface area (Å²) in [6.45, 7) is 10.2. The Morgan fingerprint density at radius 2 is 2.09 bits per heavy atom. The van der Waals surface area contributed by atoms with E-state index in [4.69, 9.17) is 14.5 Å². The molecule has 2 N–H and O–H groups in total. The molecule has 1 atom stereocenters. The fourth-order valence-electron chi connectivity index (χ4n) is 4.39. The zero-order valence-corrected chi connectivity index (χ0v) is 21.0. The van der Waals surface area contributed by atoms with E-state index in [1.807, 2.05) is 5.38 Å². The number of H-pyrrole nitrogens is 1. The standard InChI is InChI=1S/C25H34N4O4S/c1-17-4-5-18(2)20(12-17)21-16-34-25-23(21)24(31)26-22(27-25)14-29(13-19(30)15-32-3)7-6-28-8-10-33-11-9-28/h4-5,12,16,19,30H,6-11,13-15H2,1-3H3,(H,26,27,31). The van der Waals surface area contributed by atoms with Gasteiger partial charge in [0.15, 0.2) is 0 Å². The lowest BCUT2D eigenvalue weighted by atomic mass is 9.99. The molecule has 3 aromatic rings. The highest BCUT2D eigenvalue weighted by Crippen LogP contribution is 2.33. The molecule has 9 heteroatoms. The summed E-state index contributed by atoms with van der Waals surface area (Å²) in [4.78, 5) is 26.2. The summed E-state index contributed by atoms with van der Waals surface area (Å²) in [7, 11) is 1.58. The van der Waals surface area contributed by atoms with Gasteiger partial charge in [-0.2, -0.15) is 0 Å². The van der Waals surface area contributed by atoms with Crippen LogP contribution in [-0.2, 0) is 16.0 Å². The summed E-state index contributed by atoms with van der Waals surface area (Å²) >= 11 is 1.50. The largest absolute Gasteiger partial charge is 0.389 e. The van der Waals surface area contributed by atoms with Crippen LogP contribution in [0.25, 0.3) is 21.3 Å². The minimum atomic E-state index is -0.609. The molecule has 0 amide bonds. The second-order valence-corrected chi connectivity index (χ2v) is 9.82. The Morgan fingerprint density at radius 3 is 2.85 bits per heavy atom. The summed E-state index contributed by atoms with van der Waals surface area (Å²) in [5, 5.41) is 13.0. The van der Waals surface area contributed by atoms with Gasteiger partial charge in [-0.1, -0.05) is 23.8 Å². The first-order valence-corrected chi connectivity index (χ1v) is 12.6. The quantitative estimate of drug-likeness (QED) is 0.455. The fourth-order valence-corrected chi connectivity index (χ4v) is 5.35. The van der Waals surface area contributed by atoms with Crippen molar-refractivity contribution in [2.24, 2.45) is 0 Å². The van der Waals surface area contributed by atoms with Crippen molar-refractivity contribution in [1.29, 1.82) is 0 Å². The van der Waals surface area contributed by atoms with E-state index in [2.05, 4.69) is 46.8 Å². The molecule has 8 nitrogen and oxygen atoms in total. The summed E-state index contributed by atoms with van der Waals surface area (Å²) in [5.41, 5.74) is 4.17. The molecule has 2 aromatic heterocycles. The molecule has 0 bridgehead atoms. The van der Waals surface area contributed by atoms with E-state index in [1.54, 1.807) is 7.11 Å². The number of aromatic nitrogens is 2. The van der Waals surface area contributed by atoms with Crippen LogP contribution in [0, 0.1) is 13.8 Å². The number of rotatable bonds is 10. The van der Waals surface area contributed by atoms with Gasteiger partial charge < -0.3 is 19.6 Å². The van der Waals surface area contributed by atoms with Crippen molar-refractivity contribution in [3.63, 3.8) is 0 Å². The van der Waals surface area contributed by atoms with Crippen molar-refractivity contribution in [1.82, 2.24) is 19.8 Å². The average molecular weight is 487 g/mol. The average Bonchev–Trinajstić information content (AvgIpc) is 3.24. The normalized spacial score (nSPS) is 15.9. The van der Waals surface area contributed by atoms with E-state index in [9.17, 15) is 9.90 Å². The highest BCUT2D eigenvalue weighted by molar-refractivity contribution is 7.17. The molecule has 0 saturated carbocycles. The number of ether oxygens (including phenoxy) is 2. The van der Waals surface area contributed by atoms with Gasteiger partial charge in [-0.25, -0.2) is 4.98 Å². The van der Waals surface area contributed by atoms with Gasteiger partial charge in [-0.3, -0.25) is 14.6 Å². The smallest absolute Gasteiger partial charge is 0.260 e. The van der Waals surface area contributed by atoms with Crippen LogP contribution in [0.15, 0.2) is 28.4 Å². The number of aliphatic hydroxyl groups excluding tert-OH is 1. The zero-order valence-electron chi connectivity index (χ0n) is 20.2. The van der Waals surface area contributed by atoms with Crippen molar-refractivity contribution >= 4 is 21.6 Å². The third-order valence-corrected chi connectivity index (χ3v) is 7.09. The van der Waals surface area contributed by atoms with Gasteiger partial charge in [0.2, 0.25) is 0 Å². The molecule has 1 aliphatic heterocycles. The monoisotopic (exact) mass is 486 g/mol.